The number of aryl methyl sites for hydroxylation is 1. The van der Waals surface area contributed by atoms with Gasteiger partial charge >= 0.3 is 0 Å². The second kappa shape index (κ2) is 12.0. The second-order valence-corrected chi connectivity index (χ2v) is 10.1. The molecular weight excluding hydrogens is 452 g/mol. The molecule has 2 amide bonds. The molecule has 0 aliphatic rings. The Bertz CT molecular complexity index is 1150. The lowest BCUT2D eigenvalue weighted by atomic mass is 9.92. The van der Waals surface area contributed by atoms with E-state index in [0.29, 0.717) is 25.4 Å². The van der Waals surface area contributed by atoms with Crippen molar-refractivity contribution in [1.29, 1.82) is 0 Å². The molecule has 0 aliphatic heterocycles. The maximum atomic E-state index is 13.5. The van der Waals surface area contributed by atoms with Crippen LogP contribution in [0.5, 0.6) is 0 Å². The molecule has 192 valence electrons. The van der Waals surface area contributed by atoms with E-state index in [1.165, 1.54) is 0 Å². The number of anilines is 1. The predicted octanol–water partition coefficient (Wildman–Crippen LogP) is 5.09. The largest absolute Gasteiger partial charge is 0.383 e. The van der Waals surface area contributed by atoms with Crippen LogP contribution in [0.2, 0.25) is 0 Å². The van der Waals surface area contributed by atoms with E-state index in [1.807, 2.05) is 74.5 Å². The summed E-state index contributed by atoms with van der Waals surface area (Å²) in [6.07, 6.45) is 0.642. The molecule has 1 heterocycles. The van der Waals surface area contributed by atoms with Gasteiger partial charge in [0.2, 0.25) is 11.8 Å². The summed E-state index contributed by atoms with van der Waals surface area (Å²) in [6, 6.07) is 19.6. The summed E-state index contributed by atoms with van der Waals surface area (Å²) in [4.78, 5) is 28.3. The summed E-state index contributed by atoms with van der Waals surface area (Å²) in [5, 5.41) is 7.78. The number of benzene rings is 2. The Morgan fingerprint density at radius 2 is 1.75 bits per heavy atom. The molecule has 0 saturated carbocycles. The first-order valence-electron chi connectivity index (χ1n) is 12.4. The Hall–Kier alpha value is -3.45. The summed E-state index contributed by atoms with van der Waals surface area (Å²) in [6.45, 7) is 10.9. The maximum absolute atomic E-state index is 13.5. The minimum atomic E-state index is -0.318. The van der Waals surface area contributed by atoms with Gasteiger partial charge in [-0.05, 0) is 31.0 Å². The number of amides is 2. The van der Waals surface area contributed by atoms with Crippen molar-refractivity contribution < 1.29 is 14.3 Å². The van der Waals surface area contributed by atoms with Crippen molar-refractivity contribution in [3.05, 3.63) is 77.5 Å². The Morgan fingerprint density at radius 3 is 2.33 bits per heavy atom. The Labute approximate surface area is 214 Å². The maximum Gasteiger partial charge on any atom is 0.245 e. The summed E-state index contributed by atoms with van der Waals surface area (Å²) in [5.74, 6) is -0.112. The van der Waals surface area contributed by atoms with Crippen LogP contribution in [0.4, 0.5) is 5.82 Å². The SMILES string of the molecule is CCC(C(=O)N(CCOC)CC(=O)Nc1cc(C(C)(C)C)nn1-c1ccc(C)cc1)c1ccccc1. The van der Waals surface area contributed by atoms with Crippen LogP contribution in [0.1, 0.15) is 56.9 Å². The highest BCUT2D eigenvalue weighted by atomic mass is 16.5. The van der Waals surface area contributed by atoms with Gasteiger partial charge in [0.25, 0.3) is 0 Å². The number of nitrogens with one attached hydrogen (secondary N) is 1. The van der Waals surface area contributed by atoms with Gasteiger partial charge in [0, 0.05) is 25.1 Å². The summed E-state index contributed by atoms with van der Waals surface area (Å²) >= 11 is 0. The number of hydrogen-bond donors (Lipinski definition) is 1. The van der Waals surface area contributed by atoms with E-state index in [9.17, 15) is 9.59 Å². The standard InChI is InChI=1S/C29H38N4O3/c1-7-24(22-11-9-8-10-12-22)28(35)32(17-18-36-6)20-27(34)30-26-19-25(29(3,4)5)31-33(26)23-15-13-21(2)14-16-23/h8-16,19,24H,7,17-18,20H2,1-6H3,(H,30,34). The zero-order valence-corrected chi connectivity index (χ0v) is 22.2. The lowest BCUT2D eigenvalue weighted by Gasteiger charge is -2.26. The van der Waals surface area contributed by atoms with Crippen molar-refractivity contribution in [2.75, 3.05) is 32.1 Å². The molecule has 36 heavy (non-hydrogen) atoms. The van der Waals surface area contributed by atoms with Crippen molar-refractivity contribution in [3.63, 3.8) is 0 Å². The first-order chi connectivity index (χ1) is 17.1. The zero-order chi connectivity index (χ0) is 26.3. The van der Waals surface area contributed by atoms with Crippen LogP contribution in [0.3, 0.4) is 0 Å². The number of aromatic nitrogens is 2. The lowest BCUT2D eigenvalue weighted by Crippen LogP contribution is -2.42. The van der Waals surface area contributed by atoms with Crippen LogP contribution in [-0.2, 0) is 19.7 Å². The van der Waals surface area contributed by atoms with Crippen LogP contribution in [0, 0.1) is 6.92 Å². The smallest absolute Gasteiger partial charge is 0.245 e. The Kier molecular flexibility index (Phi) is 9.04. The average molecular weight is 491 g/mol. The molecule has 0 bridgehead atoms. The van der Waals surface area contributed by atoms with Crippen molar-refractivity contribution in [3.8, 4) is 5.69 Å². The van der Waals surface area contributed by atoms with Crippen LogP contribution in [-0.4, -0.2) is 53.3 Å². The summed E-state index contributed by atoms with van der Waals surface area (Å²) < 4.78 is 6.98. The quantitative estimate of drug-likeness (QED) is 0.430. The molecule has 0 saturated heterocycles. The monoisotopic (exact) mass is 490 g/mol. The minimum absolute atomic E-state index is 0.0740. The van der Waals surface area contributed by atoms with Crippen LogP contribution in [0.25, 0.3) is 5.69 Å². The predicted molar refractivity (Wildman–Crippen MR) is 144 cm³/mol. The highest BCUT2D eigenvalue weighted by Gasteiger charge is 2.27. The van der Waals surface area contributed by atoms with Crippen molar-refractivity contribution >= 4 is 17.6 Å². The van der Waals surface area contributed by atoms with Crippen LogP contribution < -0.4 is 5.32 Å². The average Bonchev–Trinajstić information content (AvgIpc) is 3.27. The number of ether oxygens (including phenoxy) is 1. The van der Waals surface area contributed by atoms with Crippen LogP contribution in [0.15, 0.2) is 60.7 Å². The number of carbonyl (C=O) groups is 2. The topological polar surface area (TPSA) is 76.5 Å². The third kappa shape index (κ3) is 6.82. The minimum Gasteiger partial charge on any atom is -0.383 e. The van der Waals surface area contributed by atoms with Gasteiger partial charge in [0.1, 0.15) is 12.4 Å². The van der Waals surface area contributed by atoms with Gasteiger partial charge in [0.15, 0.2) is 0 Å². The molecule has 0 spiro atoms. The molecule has 0 fully saturated rings. The molecular formula is C29H38N4O3. The molecule has 0 radical (unpaired) electrons. The number of methoxy groups -OCH3 is 1. The van der Waals surface area contributed by atoms with Crippen molar-refractivity contribution in [2.24, 2.45) is 0 Å². The van der Waals surface area contributed by atoms with E-state index in [-0.39, 0.29) is 29.7 Å². The first kappa shape index (κ1) is 27.1. The first-order valence-corrected chi connectivity index (χ1v) is 12.4. The number of rotatable bonds is 10. The molecule has 1 unspecified atom stereocenters. The molecule has 3 rings (SSSR count). The highest BCUT2D eigenvalue weighted by molar-refractivity contribution is 5.95. The molecule has 2 aromatic carbocycles. The lowest BCUT2D eigenvalue weighted by molar-refractivity contribution is -0.136. The third-order valence-electron chi connectivity index (χ3n) is 6.14. The zero-order valence-electron chi connectivity index (χ0n) is 22.2. The number of hydrogen-bond acceptors (Lipinski definition) is 4. The highest BCUT2D eigenvalue weighted by Crippen LogP contribution is 2.27. The summed E-state index contributed by atoms with van der Waals surface area (Å²) in [5.41, 5.74) is 3.61. The van der Waals surface area contributed by atoms with Gasteiger partial charge in [-0.15, -0.1) is 0 Å². The molecule has 1 N–H and O–H groups in total. The van der Waals surface area contributed by atoms with Gasteiger partial charge in [-0.1, -0.05) is 75.7 Å². The molecule has 1 atom stereocenters. The summed E-state index contributed by atoms with van der Waals surface area (Å²) in [7, 11) is 1.59. The van der Waals surface area contributed by atoms with Crippen LogP contribution >= 0.6 is 0 Å². The van der Waals surface area contributed by atoms with Gasteiger partial charge in [-0.3, -0.25) is 9.59 Å². The third-order valence-corrected chi connectivity index (χ3v) is 6.14. The van der Waals surface area contributed by atoms with Gasteiger partial charge < -0.3 is 15.0 Å². The van der Waals surface area contributed by atoms with Crippen molar-refractivity contribution in [1.82, 2.24) is 14.7 Å². The number of nitrogens with zero attached hydrogens (tertiary/aromatic N) is 3. The molecule has 7 heteroatoms. The Balaban J connectivity index is 1.85. The fraction of sp³-hybridized carbons (Fsp3) is 0.414. The van der Waals surface area contributed by atoms with Crippen molar-refractivity contribution in [2.45, 2.75) is 52.4 Å². The molecule has 1 aromatic heterocycles. The van der Waals surface area contributed by atoms with Gasteiger partial charge in [-0.25, -0.2) is 4.68 Å². The van der Waals surface area contributed by atoms with E-state index in [2.05, 4.69) is 26.1 Å². The van der Waals surface area contributed by atoms with Gasteiger partial charge in [-0.2, -0.15) is 5.10 Å². The normalized spacial score (nSPS) is 12.3. The second-order valence-electron chi connectivity index (χ2n) is 10.1. The van der Waals surface area contributed by atoms with E-state index < -0.39 is 0 Å². The fourth-order valence-corrected chi connectivity index (χ4v) is 4.00. The molecule has 3 aromatic rings. The Morgan fingerprint density at radius 1 is 1.08 bits per heavy atom. The molecule has 0 aliphatic carbocycles. The molecule has 7 nitrogen and oxygen atoms in total. The fourth-order valence-electron chi connectivity index (χ4n) is 4.00. The van der Waals surface area contributed by atoms with E-state index in [0.717, 1.165) is 22.5 Å². The van der Waals surface area contributed by atoms with E-state index in [4.69, 9.17) is 9.84 Å². The van der Waals surface area contributed by atoms with Gasteiger partial charge in [0.05, 0.1) is 23.9 Å². The van der Waals surface area contributed by atoms with E-state index >= 15 is 0 Å². The van der Waals surface area contributed by atoms with E-state index in [1.54, 1.807) is 16.7 Å². The number of carbonyl (C=O) groups excluding carboxylic acids is 2.